The van der Waals surface area contributed by atoms with E-state index in [0.717, 1.165) is 17.1 Å². The summed E-state index contributed by atoms with van der Waals surface area (Å²) in [6.07, 6.45) is 1.21. The van der Waals surface area contributed by atoms with Gasteiger partial charge >= 0.3 is 0 Å². The number of halogens is 1. The van der Waals surface area contributed by atoms with Crippen LogP contribution in [0.1, 0.15) is 36.9 Å². The maximum atomic E-state index is 12.2. The number of nitrogens with one attached hydrogen (secondary N) is 1. The highest BCUT2D eigenvalue weighted by atomic mass is 35.5. The number of rotatable bonds is 8. The Bertz CT molecular complexity index is 1020. The molecular formula is C21H24ClN5O2S. The van der Waals surface area contributed by atoms with Crippen molar-refractivity contribution in [2.24, 2.45) is 0 Å². The van der Waals surface area contributed by atoms with Crippen molar-refractivity contribution < 1.29 is 9.53 Å². The molecule has 1 atom stereocenters. The highest BCUT2D eigenvalue weighted by molar-refractivity contribution is 7.99. The van der Waals surface area contributed by atoms with Crippen molar-refractivity contribution in [2.45, 2.75) is 45.5 Å². The third kappa shape index (κ3) is 5.31. The zero-order valence-electron chi connectivity index (χ0n) is 17.3. The number of hydrogen-bond acceptors (Lipinski definition) is 6. The van der Waals surface area contributed by atoms with Gasteiger partial charge in [0.2, 0.25) is 5.91 Å². The SMILES string of the molecule is CCn1c(SCC(=O)Nc2ccc(Cl)cn2)nnc1C(C)Oc1cccc(C)c1C. The Kier molecular flexibility index (Phi) is 7.33. The number of aromatic nitrogens is 4. The minimum atomic E-state index is -0.278. The minimum absolute atomic E-state index is 0.179. The molecule has 0 radical (unpaired) electrons. The molecule has 0 fully saturated rings. The zero-order valence-corrected chi connectivity index (χ0v) is 18.9. The van der Waals surface area contributed by atoms with Crippen molar-refractivity contribution in [1.29, 1.82) is 0 Å². The molecule has 0 bridgehead atoms. The summed E-state index contributed by atoms with van der Waals surface area (Å²) >= 11 is 7.13. The Morgan fingerprint density at radius 1 is 1.27 bits per heavy atom. The molecule has 9 heteroatoms. The molecule has 0 aliphatic carbocycles. The van der Waals surface area contributed by atoms with E-state index in [2.05, 4.69) is 33.5 Å². The number of benzene rings is 1. The van der Waals surface area contributed by atoms with Crippen LogP contribution < -0.4 is 10.1 Å². The third-order valence-corrected chi connectivity index (χ3v) is 5.80. The Balaban J connectivity index is 1.65. The summed E-state index contributed by atoms with van der Waals surface area (Å²) < 4.78 is 8.12. The first-order chi connectivity index (χ1) is 14.4. The third-order valence-electron chi connectivity index (χ3n) is 4.61. The molecule has 158 valence electrons. The maximum absolute atomic E-state index is 12.2. The van der Waals surface area contributed by atoms with Gasteiger partial charge in [0, 0.05) is 12.7 Å². The van der Waals surface area contributed by atoms with Crippen molar-refractivity contribution >= 4 is 35.1 Å². The lowest BCUT2D eigenvalue weighted by molar-refractivity contribution is -0.113. The lowest BCUT2D eigenvalue weighted by Crippen LogP contribution is -2.16. The van der Waals surface area contributed by atoms with Crippen LogP contribution >= 0.6 is 23.4 Å². The average Bonchev–Trinajstić information content (AvgIpc) is 3.14. The molecule has 0 aliphatic rings. The van der Waals surface area contributed by atoms with Crippen molar-refractivity contribution in [1.82, 2.24) is 19.7 Å². The van der Waals surface area contributed by atoms with E-state index in [1.165, 1.54) is 23.5 Å². The molecule has 3 rings (SSSR count). The number of hydrogen-bond donors (Lipinski definition) is 1. The van der Waals surface area contributed by atoms with E-state index in [0.29, 0.717) is 22.5 Å². The molecule has 1 amide bonds. The van der Waals surface area contributed by atoms with E-state index in [4.69, 9.17) is 16.3 Å². The van der Waals surface area contributed by atoms with Gasteiger partial charge in [0.05, 0.1) is 10.8 Å². The van der Waals surface area contributed by atoms with Crippen LogP contribution in [0.3, 0.4) is 0 Å². The summed E-state index contributed by atoms with van der Waals surface area (Å²) in [5, 5.41) is 12.5. The number of nitrogens with zero attached hydrogens (tertiary/aromatic N) is 4. The molecule has 0 spiro atoms. The van der Waals surface area contributed by atoms with Crippen molar-refractivity contribution in [2.75, 3.05) is 11.1 Å². The molecule has 0 aliphatic heterocycles. The van der Waals surface area contributed by atoms with Gasteiger partial charge in [-0.2, -0.15) is 0 Å². The monoisotopic (exact) mass is 445 g/mol. The number of amides is 1. The predicted molar refractivity (Wildman–Crippen MR) is 119 cm³/mol. The Morgan fingerprint density at radius 2 is 2.07 bits per heavy atom. The average molecular weight is 446 g/mol. The molecule has 0 saturated heterocycles. The van der Waals surface area contributed by atoms with Gasteiger partial charge in [-0.05, 0) is 57.0 Å². The van der Waals surface area contributed by atoms with Crippen LogP contribution in [0.25, 0.3) is 0 Å². The van der Waals surface area contributed by atoms with E-state index >= 15 is 0 Å². The van der Waals surface area contributed by atoms with Crippen LogP contribution in [-0.4, -0.2) is 31.4 Å². The minimum Gasteiger partial charge on any atom is -0.482 e. The second kappa shape index (κ2) is 9.95. The quantitative estimate of drug-likeness (QED) is 0.500. The van der Waals surface area contributed by atoms with Crippen molar-refractivity contribution in [3.8, 4) is 5.75 Å². The van der Waals surface area contributed by atoms with Crippen LogP contribution in [-0.2, 0) is 11.3 Å². The van der Waals surface area contributed by atoms with Crippen LogP contribution in [0.15, 0.2) is 41.7 Å². The Labute approximate surface area is 185 Å². The van der Waals surface area contributed by atoms with Gasteiger partial charge in [-0.1, -0.05) is 35.5 Å². The summed E-state index contributed by atoms with van der Waals surface area (Å²) in [5.41, 5.74) is 2.28. The fraction of sp³-hybridized carbons (Fsp3) is 0.333. The van der Waals surface area contributed by atoms with Gasteiger partial charge < -0.3 is 14.6 Å². The van der Waals surface area contributed by atoms with E-state index < -0.39 is 0 Å². The van der Waals surface area contributed by atoms with Crippen LogP contribution in [0, 0.1) is 13.8 Å². The molecule has 0 saturated carbocycles. The highest BCUT2D eigenvalue weighted by Gasteiger charge is 2.20. The fourth-order valence-electron chi connectivity index (χ4n) is 2.86. The largest absolute Gasteiger partial charge is 0.482 e. The standard InChI is InChI=1S/C21H24ClN5O2S/c1-5-27-20(15(4)29-17-8-6-7-13(2)14(17)3)25-26-21(27)30-12-19(28)24-18-10-9-16(22)11-23-18/h6-11,15H,5,12H2,1-4H3,(H,23,24,28). The number of thioether (sulfide) groups is 1. The van der Waals surface area contributed by atoms with Crippen molar-refractivity contribution in [3.05, 3.63) is 58.5 Å². The van der Waals surface area contributed by atoms with Crippen LogP contribution in [0.5, 0.6) is 5.75 Å². The van der Waals surface area contributed by atoms with Gasteiger partial charge in [-0.25, -0.2) is 4.98 Å². The smallest absolute Gasteiger partial charge is 0.236 e. The van der Waals surface area contributed by atoms with E-state index in [-0.39, 0.29) is 17.8 Å². The highest BCUT2D eigenvalue weighted by Crippen LogP contribution is 2.28. The fourth-order valence-corrected chi connectivity index (χ4v) is 3.78. The second-order valence-electron chi connectivity index (χ2n) is 6.74. The van der Waals surface area contributed by atoms with E-state index in [1.54, 1.807) is 12.1 Å². The first kappa shape index (κ1) is 22.1. The number of carbonyl (C=O) groups excluding carboxylic acids is 1. The van der Waals surface area contributed by atoms with Gasteiger partial charge in [-0.3, -0.25) is 4.79 Å². The number of pyridine rings is 1. The Hall–Kier alpha value is -2.58. The number of aryl methyl sites for hydroxylation is 1. The summed E-state index contributed by atoms with van der Waals surface area (Å²) in [5.74, 6) is 2.02. The molecule has 3 aromatic rings. The van der Waals surface area contributed by atoms with Gasteiger partial charge in [0.15, 0.2) is 17.1 Å². The number of ether oxygens (including phenoxy) is 1. The van der Waals surface area contributed by atoms with Crippen LogP contribution in [0.4, 0.5) is 5.82 Å². The summed E-state index contributed by atoms with van der Waals surface area (Å²) in [7, 11) is 0. The molecule has 2 heterocycles. The van der Waals surface area contributed by atoms with Gasteiger partial charge in [-0.15, -0.1) is 10.2 Å². The summed E-state index contributed by atoms with van der Waals surface area (Å²) in [6.45, 7) is 8.73. The first-order valence-electron chi connectivity index (χ1n) is 9.59. The summed E-state index contributed by atoms with van der Waals surface area (Å²) in [6, 6.07) is 9.32. The molecule has 1 unspecified atom stereocenters. The van der Waals surface area contributed by atoms with Gasteiger partial charge in [0.25, 0.3) is 0 Å². The number of anilines is 1. The van der Waals surface area contributed by atoms with Crippen molar-refractivity contribution in [3.63, 3.8) is 0 Å². The van der Waals surface area contributed by atoms with E-state index in [9.17, 15) is 4.79 Å². The Morgan fingerprint density at radius 3 is 2.77 bits per heavy atom. The van der Waals surface area contributed by atoms with Crippen LogP contribution in [0.2, 0.25) is 5.02 Å². The van der Waals surface area contributed by atoms with E-state index in [1.807, 2.05) is 37.5 Å². The molecular weight excluding hydrogens is 422 g/mol. The normalized spacial score (nSPS) is 11.9. The summed E-state index contributed by atoms with van der Waals surface area (Å²) in [4.78, 5) is 16.3. The molecule has 1 aromatic carbocycles. The second-order valence-corrected chi connectivity index (χ2v) is 8.12. The predicted octanol–water partition coefficient (Wildman–Crippen LogP) is 4.83. The maximum Gasteiger partial charge on any atom is 0.236 e. The molecule has 7 nitrogen and oxygen atoms in total. The molecule has 2 aromatic heterocycles. The lowest BCUT2D eigenvalue weighted by Gasteiger charge is -2.17. The first-order valence-corrected chi connectivity index (χ1v) is 11.0. The zero-order chi connectivity index (χ0) is 21.7. The lowest BCUT2D eigenvalue weighted by atomic mass is 10.1. The van der Waals surface area contributed by atoms with Gasteiger partial charge in [0.1, 0.15) is 11.6 Å². The molecule has 1 N–H and O–H groups in total. The topological polar surface area (TPSA) is 81.9 Å². The number of carbonyl (C=O) groups is 1. The molecule has 30 heavy (non-hydrogen) atoms.